The van der Waals surface area contributed by atoms with Crippen LogP contribution in [0.1, 0.15) is 33.1 Å². The largest absolute Gasteiger partial charge is 0.299 e. The van der Waals surface area contributed by atoms with Crippen LogP contribution in [-0.2, 0) is 4.79 Å². The minimum atomic E-state index is 0.269. The van der Waals surface area contributed by atoms with Gasteiger partial charge in [-0.3, -0.25) is 4.79 Å². The number of carbonyl (C=O) groups is 1. The Hall–Kier alpha value is -0.330. The van der Waals surface area contributed by atoms with Gasteiger partial charge in [0.05, 0.1) is 0 Å². The molecule has 0 aromatic heterocycles. The fraction of sp³-hybridized carbons (Fsp3) is 0.900. The number of ketones is 1. The van der Waals surface area contributed by atoms with Crippen molar-refractivity contribution in [3.63, 3.8) is 0 Å². The zero-order valence-corrected chi connectivity index (χ0v) is 7.34. The van der Waals surface area contributed by atoms with Crippen LogP contribution >= 0.6 is 0 Å². The zero-order valence-electron chi connectivity index (χ0n) is 7.34. The summed E-state index contributed by atoms with van der Waals surface area (Å²) in [5.41, 5.74) is 0. The molecule has 2 fully saturated rings. The second-order valence-corrected chi connectivity index (χ2v) is 4.34. The molecule has 0 N–H and O–H groups in total. The summed E-state index contributed by atoms with van der Waals surface area (Å²) in [7, 11) is 0. The van der Waals surface area contributed by atoms with Crippen LogP contribution in [0.5, 0.6) is 0 Å². The van der Waals surface area contributed by atoms with Crippen molar-refractivity contribution in [2.75, 3.05) is 0 Å². The van der Waals surface area contributed by atoms with E-state index < -0.39 is 0 Å². The van der Waals surface area contributed by atoms with Crippen LogP contribution in [0.3, 0.4) is 0 Å². The molecule has 2 aliphatic rings. The van der Waals surface area contributed by atoms with Crippen LogP contribution in [0, 0.1) is 23.7 Å². The summed E-state index contributed by atoms with van der Waals surface area (Å²) >= 11 is 0. The summed E-state index contributed by atoms with van der Waals surface area (Å²) in [6.45, 7) is 4.05. The van der Waals surface area contributed by atoms with E-state index in [-0.39, 0.29) is 5.92 Å². The van der Waals surface area contributed by atoms with E-state index in [1.807, 2.05) is 13.8 Å². The first-order valence-corrected chi connectivity index (χ1v) is 4.75. The van der Waals surface area contributed by atoms with E-state index in [9.17, 15) is 4.79 Å². The molecule has 0 radical (unpaired) electrons. The normalized spacial score (nSPS) is 40.8. The molecule has 0 aromatic rings. The SMILES string of the molecule is CC(C)C(=O)C1C2CCCC21. The first-order valence-electron chi connectivity index (χ1n) is 4.75. The van der Waals surface area contributed by atoms with E-state index in [0.717, 1.165) is 11.8 Å². The molecule has 0 saturated heterocycles. The minimum absolute atomic E-state index is 0.269. The summed E-state index contributed by atoms with van der Waals surface area (Å²) in [6.07, 6.45) is 4.03. The number of hydrogen-bond donors (Lipinski definition) is 0. The molecular weight excluding hydrogens is 136 g/mol. The highest BCUT2D eigenvalue weighted by Gasteiger charge is 2.56. The molecule has 1 heteroatoms. The van der Waals surface area contributed by atoms with Crippen molar-refractivity contribution in [1.29, 1.82) is 0 Å². The van der Waals surface area contributed by atoms with Crippen molar-refractivity contribution in [2.24, 2.45) is 23.7 Å². The summed E-state index contributed by atoms with van der Waals surface area (Å²) < 4.78 is 0. The number of hydrogen-bond acceptors (Lipinski definition) is 1. The molecule has 2 rings (SSSR count). The van der Waals surface area contributed by atoms with Gasteiger partial charge in [-0.1, -0.05) is 20.3 Å². The van der Waals surface area contributed by atoms with E-state index in [4.69, 9.17) is 0 Å². The fourth-order valence-electron chi connectivity index (χ4n) is 2.63. The number of fused-ring (bicyclic) bond motifs is 1. The van der Waals surface area contributed by atoms with Gasteiger partial charge in [0, 0.05) is 11.8 Å². The maximum Gasteiger partial charge on any atom is 0.139 e. The van der Waals surface area contributed by atoms with Crippen molar-refractivity contribution in [2.45, 2.75) is 33.1 Å². The monoisotopic (exact) mass is 152 g/mol. The maximum absolute atomic E-state index is 11.5. The Labute approximate surface area is 68.2 Å². The molecule has 0 amide bonds. The fourth-order valence-corrected chi connectivity index (χ4v) is 2.63. The highest BCUT2D eigenvalue weighted by atomic mass is 16.1. The molecule has 0 aromatic carbocycles. The Morgan fingerprint density at radius 3 is 2.27 bits per heavy atom. The average Bonchev–Trinajstić information content (AvgIpc) is 2.41. The van der Waals surface area contributed by atoms with Crippen LogP contribution in [0.2, 0.25) is 0 Å². The average molecular weight is 152 g/mol. The number of rotatable bonds is 2. The van der Waals surface area contributed by atoms with Crippen LogP contribution in [0.25, 0.3) is 0 Å². The van der Waals surface area contributed by atoms with Gasteiger partial charge in [-0.25, -0.2) is 0 Å². The molecule has 0 bridgehead atoms. The summed E-state index contributed by atoms with van der Waals surface area (Å²) in [6, 6.07) is 0. The Morgan fingerprint density at radius 2 is 1.82 bits per heavy atom. The Kier molecular flexibility index (Phi) is 1.55. The zero-order chi connectivity index (χ0) is 8.01. The third-order valence-electron chi connectivity index (χ3n) is 3.30. The lowest BCUT2D eigenvalue weighted by Gasteiger charge is -2.04. The lowest BCUT2D eigenvalue weighted by Crippen LogP contribution is -2.12. The first kappa shape index (κ1) is 7.33. The van der Waals surface area contributed by atoms with E-state index in [2.05, 4.69) is 0 Å². The molecule has 1 nitrogen and oxygen atoms in total. The summed E-state index contributed by atoms with van der Waals surface area (Å²) in [5, 5.41) is 0. The van der Waals surface area contributed by atoms with E-state index in [0.29, 0.717) is 11.7 Å². The van der Waals surface area contributed by atoms with Gasteiger partial charge >= 0.3 is 0 Å². The molecule has 0 heterocycles. The smallest absolute Gasteiger partial charge is 0.139 e. The second-order valence-electron chi connectivity index (χ2n) is 4.34. The third kappa shape index (κ3) is 1.02. The summed E-state index contributed by atoms with van der Waals surface area (Å²) in [4.78, 5) is 11.5. The van der Waals surface area contributed by atoms with Crippen LogP contribution in [0.15, 0.2) is 0 Å². The van der Waals surface area contributed by atoms with Crippen molar-refractivity contribution in [1.82, 2.24) is 0 Å². The van der Waals surface area contributed by atoms with Crippen molar-refractivity contribution in [3.8, 4) is 0 Å². The van der Waals surface area contributed by atoms with Gasteiger partial charge in [0.15, 0.2) is 0 Å². The standard InChI is InChI=1S/C10H16O/c1-6(2)10(11)9-7-4-3-5-8(7)9/h6-9H,3-5H2,1-2H3. The minimum Gasteiger partial charge on any atom is -0.299 e. The quantitative estimate of drug-likeness (QED) is 0.593. The highest BCUT2D eigenvalue weighted by molar-refractivity contribution is 5.86. The van der Waals surface area contributed by atoms with Gasteiger partial charge in [0.1, 0.15) is 5.78 Å². The Morgan fingerprint density at radius 1 is 1.27 bits per heavy atom. The van der Waals surface area contributed by atoms with Crippen LogP contribution < -0.4 is 0 Å². The molecular formula is C10H16O. The second kappa shape index (κ2) is 2.33. The van der Waals surface area contributed by atoms with Gasteiger partial charge in [0.2, 0.25) is 0 Å². The number of carbonyl (C=O) groups excluding carboxylic acids is 1. The molecule has 0 spiro atoms. The summed E-state index contributed by atoms with van der Waals surface area (Å²) in [5.74, 6) is 2.91. The van der Waals surface area contributed by atoms with Crippen LogP contribution in [0.4, 0.5) is 0 Å². The molecule has 2 atom stereocenters. The topological polar surface area (TPSA) is 17.1 Å². The molecule has 2 saturated carbocycles. The third-order valence-corrected chi connectivity index (χ3v) is 3.30. The lowest BCUT2D eigenvalue weighted by molar-refractivity contribution is -0.123. The van der Waals surface area contributed by atoms with E-state index in [1.165, 1.54) is 19.3 Å². The van der Waals surface area contributed by atoms with Crippen molar-refractivity contribution >= 4 is 5.78 Å². The first-order chi connectivity index (χ1) is 5.22. The van der Waals surface area contributed by atoms with Gasteiger partial charge in [-0.15, -0.1) is 0 Å². The number of Topliss-reactive ketones (excluding diaryl/α,β-unsaturated/α-hetero) is 1. The Bertz CT molecular complexity index is 173. The van der Waals surface area contributed by atoms with Crippen molar-refractivity contribution in [3.05, 3.63) is 0 Å². The maximum atomic E-state index is 11.5. The van der Waals surface area contributed by atoms with E-state index >= 15 is 0 Å². The van der Waals surface area contributed by atoms with Gasteiger partial charge in [-0.05, 0) is 24.7 Å². The van der Waals surface area contributed by atoms with Gasteiger partial charge in [0.25, 0.3) is 0 Å². The van der Waals surface area contributed by atoms with Gasteiger partial charge < -0.3 is 0 Å². The van der Waals surface area contributed by atoms with Crippen LogP contribution in [-0.4, -0.2) is 5.78 Å². The Balaban J connectivity index is 1.95. The molecule has 62 valence electrons. The molecule has 2 unspecified atom stereocenters. The highest BCUT2D eigenvalue weighted by Crippen LogP contribution is 2.58. The predicted octanol–water partition coefficient (Wildman–Crippen LogP) is 2.26. The predicted molar refractivity (Wildman–Crippen MR) is 44.2 cm³/mol. The van der Waals surface area contributed by atoms with Gasteiger partial charge in [-0.2, -0.15) is 0 Å². The van der Waals surface area contributed by atoms with E-state index in [1.54, 1.807) is 0 Å². The molecule has 11 heavy (non-hydrogen) atoms. The molecule has 2 aliphatic carbocycles. The molecule has 0 aliphatic heterocycles. The lowest BCUT2D eigenvalue weighted by atomic mass is 9.99. The van der Waals surface area contributed by atoms with Crippen molar-refractivity contribution < 1.29 is 4.79 Å².